The summed E-state index contributed by atoms with van der Waals surface area (Å²) in [5.74, 6) is 0.619. The lowest BCUT2D eigenvalue weighted by atomic mass is 10.2. The molecule has 0 radical (unpaired) electrons. The van der Waals surface area contributed by atoms with E-state index in [4.69, 9.17) is 11.6 Å². The number of aryl methyl sites for hydroxylation is 1. The van der Waals surface area contributed by atoms with Crippen LogP contribution in [0.4, 0.5) is 5.82 Å². The molecule has 20 heavy (non-hydrogen) atoms. The van der Waals surface area contributed by atoms with Crippen LogP contribution in [0.25, 0.3) is 11.0 Å². The Kier molecular flexibility index (Phi) is 3.52. The fourth-order valence-corrected chi connectivity index (χ4v) is 2.24. The summed E-state index contributed by atoms with van der Waals surface area (Å²) in [6, 6.07) is 16.1. The SMILES string of the molecule is Cc1ccc2nc(Cl)c(NCc3ccccc3)nc2c1. The smallest absolute Gasteiger partial charge is 0.172 e. The first kappa shape index (κ1) is 12.9. The fourth-order valence-electron chi connectivity index (χ4n) is 2.04. The molecule has 1 aromatic heterocycles. The van der Waals surface area contributed by atoms with Crippen LogP contribution in [0, 0.1) is 6.92 Å². The molecule has 0 aliphatic rings. The second-order valence-electron chi connectivity index (χ2n) is 4.69. The van der Waals surface area contributed by atoms with Crippen molar-refractivity contribution in [2.24, 2.45) is 0 Å². The summed E-state index contributed by atoms with van der Waals surface area (Å²) in [5.41, 5.74) is 3.99. The van der Waals surface area contributed by atoms with Crippen molar-refractivity contribution >= 4 is 28.5 Å². The lowest BCUT2D eigenvalue weighted by Gasteiger charge is -2.08. The van der Waals surface area contributed by atoms with Gasteiger partial charge in [0.1, 0.15) is 0 Å². The summed E-state index contributed by atoms with van der Waals surface area (Å²) in [4.78, 5) is 8.91. The third-order valence-corrected chi connectivity index (χ3v) is 3.34. The van der Waals surface area contributed by atoms with E-state index >= 15 is 0 Å². The Hall–Kier alpha value is -2.13. The Morgan fingerprint density at radius 1 is 1.00 bits per heavy atom. The minimum absolute atomic E-state index is 0.400. The molecule has 0 saturated heterocycles. The minimum Gasteiger partial charge on any atom is -0.363 e. The lowest BCUT2D eigenvalue weighted by Crippen LogP contribution is -2.03. The number of halogens is 1. The molecule has 3 rings (SSSR count). The van der Waals surface area contributed by atoms with Crippen molar-refractivity contribution in [2.45, 2.75) is 13.5 Å². The van der Waals surface area contributed by atoms with Crippen molar-refractivity contribution in [2.75, 3.05) is 5.32 Å². The van der Waals surface area contributed by atoms with Gasteiger partial charge in [-0.1, -0.05) is 48.0 Å². The minimum atomic E-state index is 0.400. The molecule has 0 fully saturated rings. The second-order valence-corrected chi connectivity index (χ2v) is 5.05. The Bertz CT molecular complexity index is 741. The predicted molar refractivity (Wildman–Crippen MR) is 83.1 cm³/mol. The van der Waals surface area contributed by atoms with E-state index in [9.17, 15) is 0 Å². The fraction of sp³-hybridized carbons (Fsp3) is 0.125. The van der Waals surface area contributed by atoms with E-state index in [1.165, 1.54) is 5.56 Å². The van der Waals surface area contributed by atoms with Gasteiger partial charge in [-0.15, -0.1) is 0 Å². The molecule has 0 bridgehead atoms. The van der Waals surface area contributed by atoms with E-state index in [2.05, 4.69) is 27.4 Å². The number of hydrogen-bond acceptors (Lipinski definition) is 3. The van der Waals surface area contributed by atoms with Crippen LogP contribution in [-0.2, 0) is 6.54 Å². The van der Waals surface area contributed by atoms with Crippen molar-refractivity contribution in [3.05, 3.63) is 64.8 Å². The van der Waals surface area contributed by atoms with Gasteiger partial charge in [-0.25, -0.2) is 9.97 Å². The molecule has 0 unspecified atom stereocenters. The van der Waals surface area contributed by atoms with E-state index in [0.29, 0.717) is 17.5 Å². The zero-order chi connectivity index (χ0) is 13.9. The van der Waals surface area contributed by atoms with E-state index in [1.54, 1.807) is 0 Å². The maximum Gasteiger partial charge on any atom is 0.172 e. The molecular weight excluding hydrogens is 270 g/mol. The van der Waals surface area contributed by atoms with Crippen molar-refractivity contribution in [3.63, 3.8) is 0 Å². The average molecular weight is 284 g/mol. The molecule has 4 heteroatoms. The summed E-state index contributed by atoms with van der Waals surface area (Å²) in [6.45, 7) is 2.71. The number of anilines is 1. The highest BCUT2D eigenvalue weighted by molar-refractivity contribution is 6.32. The van der Waals surface area contributed by atoms with Crippen molar-refractivity contribution in [1.82, 2.24) is 9.97 Å². The number of hydrogen-bond donors (Lipinski definition) is 1. The molecule has 0 spiro atoms. The highest BCUT2D eigenvalue weighted by atomic mass is 35.5. The summed E-state index contributed by atoms with van der Waals surface area (Å²) < 4.78 is 0. The molecule has 2 aromatic carbocycles. The lowest BCUT2D eigenvalue weighted by molar-refractivity contribution is 1.11. The Labute approximate surface area is 122 Å². The van der Waals surface area contributed by atoms with Gasteiger partial charge in [-0.05, 0) is 30.2 Å². The maximum absolute atomic E-state index is 6.17. The van der Waals surface area contributed by atoms with E-state index < -0.39 is 0 Å². The highest BCUT2D eigenvalue weighted by Gasteiger charge is 2.06. The summed E-state index contributed by atoms with van der Waals surface area (Å²) >= 11 is 6.17. The van der Waals surface area contributed by atoms with Crippen LogP contribution in [0.15, 0.2) is 48.5 Å². The van der Waals surface area contributed by atoms with Crippen LogP contribution in [0.5, 0.6) is 0 Å². The van der Waals surface area contributed by atoms with E-state index in [0.717, 1.165) is 16.6 Å². The quantitative estimate of drug-likeness (QED) is 0.783. The Morgan fingerprint density at radius 3 is 2.60 bits per heavy atom. The number of nitrogens with one attached hydrogen (secondary N) is 1. The molecule has 0 saturated carbocycles. The molecule has 0 aliphatic heterocycles. The van der Waals surface area contributed by atoms with Crippen LogP contribution in [0.3, 0.4) is 0 Å². The molecule has 0 amide bonds. The van der Waals surface area contributed by atoms with E-state index in [-0.39, 0.29) is 0 Å². The largest absolute Gasteiger partial charge is 0.363 e. The topological polar surface area (TPSA) is 37.8 Å². The van der Waals surface area contributed by atoms with Gasteiger partial charge in [0.25, 0.3) is 0 Å². The predicted octanol–water partition coefficient (Wildman–Crippen LogP) is 4.20. The van der Waals surface area contributed by atoms with Gasteiger partial charge < -0.3 is 5.32 Å². The molecule has 1 heterocycles. The molecule has 0 aliphatic carbocycles. The third-order valence-electron chi connectivity index (χ3n) is 3.08. The Morgan fingerprint density at radius 2 is 1.80 bits per heavy atom. The number of rotatable bonds is 3. The van der Waals surface area contributed by atoms with Gasteiger partial charge in [-0.3, -0.25) is 0 Å². The molecule has 3 aromatic rings. The highest BCUT2D eigenvalue weighted by Crippen LogP contribution is 2.22. The third kappa shape index (κ3) is 2.73. The van der Waals surface area contributed by atoms with Crippen LogP contribution < -0.4 is 5.32 Å². The molecule has 1 N–H and O–H groups in total. The first-order chi connectivity index (χ1) is 9.72. The Balaban J connectivity index is 1.89. The first-order valence-corrected chi connectivity index (χ1v) is 6.82. The van der Waals surface area contributed by atoms with E-state index in [1.807, 2.05) is 43.3 Å². The normalized spacial score (nSPS) is 10.7. The summed E-state index contributed by atoms with van der Waals surface area (Å²) in [5, 5.41) is 3.64. The van der Waals surface area contributed by atoms with Gasteiger partial charge >= 0.3 is 0 Å². The summed E-state index contributed by atoms with van der Waals surface area (Å²) in [7, 11) is 0. The van der Waals surface area contributed by atoms with Gasteiger partial charge in [-0.2, -0.15) is 0 Å². The second kappa shape index (κ2) is 5.47. The van der Waals surface area contributed by atoms with Gasteiger partial charge in [0.2, 0.25) is 0 Å². The van der Waals surface area contributed by atoms with Gasteiger partial charge in [0, 0.05) is 6.54 Å². The van der Waals surface area contributed by atoms with Crippen LogP contribution in [-0.4, -0.2) is 9.97 Å². The number of aromatic nitrogens is 2. The molecule has 100 valence electrons. The molecular formula is C16H14ClN3. The van der Waals surface area contributed by atoms with Crippen LogP contribution >= 0.6 is 11.6 Å². The number of nitrogens with zero attached hydrogens (tertiary/aromatic N) is 2. The summed E-state index contributed by atoms with van der Waals surface area (Å²) in [6.07, 6.45) is 0. The first-order valence-electron chi connectivity index (χ1n) is 6.44. The van der Waals surface area contributed by atoms with Crippen LogP contribution in [0.2, 0.25) is 5.15 Å². The molecule has 0 atom stereocenters. The zero-order valence-corrected chi connectivity index (χ0v) is 11.9. The zero-order valence-electron chi connectivity index (χ0n) is 11.1. The monoisotopic (exact) mass is 283 g/mol. The van der Waals surface area contributed by atoms with Crippen molar-refractivity contribution in [3.8, 4) is 0 Å². The maximum atomic E-state index is 6.17. The standard InChI is InChI=1S/C16H14ClN3/c1-11-7-8-13-14(9-11)20-16(15(17)19-13)18-10-12-5-3-2-4-6-12/h2-9H,10H2,1H3,(H,18,20). The van der Waals surface area contributed by atoms with Crippen molar-refractivity contribution < 1.29 is 0 Å². The van der Waals surface area contributed by atoms with Gasteiger partial charge in [0.15, 0.2) is 11.0 Å². The van der Waals surface area contributed by atoms with Crippen molar-refractivity contribution in [1.29, 1.82) is 0 Å². The van der Waals surface area contributed by atoms with Gasteiger partial charge in [0.05, 0.1) is 11.0 Å². The average Bonchev–Trinajstić information content (AvgIpc) is 2.46. The number of fused-ring (bicyclic) bond motifs is 1. The van der Waals surface area contributed by atoms with Crippen LogP contribution in [0.1, 0.15) is 11.1 Å². The molecule has 3 nitrogen and oxygen atoms in total. The number of benzene rings is 2.